The van der Waals surface area contributed by atoms with Crippen molar-refractivity contribution in [2.75, 3.05) is 7.11 Å². The van der Waals surface area contributed by atoms with E-state index >= 15 is 0 Å². The summed E-state index contributed by atoms with van der Waals surface area (Å²) < 4.78 is 50.3. The average Bonchev–Trinajstić information content (AvgIpc) is 3.07. The molecule has 0 aliphatic rings. The fourth-order valence-corrected chi connectivity index (χ4v) is 2.62. The lowest BCUT2D eigenvalue weighted by Gasteiger charge is -2.11. The van der Waals surface area contributed by atoms with Crippen molar-refractivity contribution in [3.63, 3.8) is 0 Å². The number of nitrogens with one attached hydrogen (secondary N) is 1. The topological polar surface area (TPSA) is 64.4 Å². The Labute approximate surface area is 169 Å². The zero-order chi connectivity index (χ0) is 21.0. The molecule has 152 valence electrons. The Bertz CT molecular complexity index is 1070. The largest absolute Gasteiger partial charge is 0.493 e. The van der Waals surface area contributed by atoms with Crippen LogP contribution in [0, 0.1) is 11.7 Å². The van der Waals surface area contributed by atoms with Gasteiger partial charge in [0.25, 0.3) is 5.82 Å². The maximum atomic E-state index is 13.0. The van der Waals surface area contributed by atoms with E-state index in [1.165, 1.54) is 13.3 Å². The van der Waals surface area contributed by atoms with Crippen LogP contribution in [-0.2, 0) is 12.8 Å². The Morgan fingerprint density at radius 3 is 2.55 bits per heavy atom. The third kappa shape index (κ3) is 5.02. The predicted octanol–water partition coefficient (Wildman–Crippen LogP) is 4.74. The van der Waals surface area contributed by atoms with E-state index in [9.17, 15) is 13.2 Å². The SMILES string of the molecule is COc1ccc(/C=N\n2c(C(F)(F)F)n[nH]c2=S)cc1OCc1ccc(C)cc1. The van der Waals surface area contributed by atoms with Crippen LogP contribution in [0.2, 0.25) is 0 Å². The number of aromatic nitrogens is 3. The number of hydrogen-bond donors (Lipinski definition) is 1. The van der Waals surface area contributed by atoms with E-state index in [1.54, 1.807) is 18.2 Å². The van der Waals surface area contributed by atoms with Gasteiger partial charge in [-0.25, -0.2) is 5.10 Å². The van der Waals surface area contributed by atoms with Gasteiger partial charge in [0.1, 0.15) is 6.61 Å². The van der Waals surface area contributed by atoms with Crippen molar-refractivity contribution < 1.29 is 22.6 Å². The standard InChI is InChI=1S/C19H17F3N4O2S/c1-12-3-5-13(6-4-12)11-28-16-9-14(7-8-15(16)27-2)10-23-26-17(19(20,21)22)24-25-18(26)29/h3-10H,11H2,1-2H3,(H,25,29)/b23-10-. The summed E-state index contributed by atoms with van der Waals surface area (Å²) in [4.78, 5) is 0. The van der Waals surface area contributed by atoms with Gasteiger partial charge in [-0.1, -0.05) is 29.8 Å². The smallest absolute Gasteiger partial charge is 0.453 e. The molecule has 1 aromatic heterocycles. The maximum Gasteiger partial charge on any atom is 0.453 e. The van der Waals surface area contributed by atoms with Crippen LogP contribution in [-0.4, -0.2) is 28.2 Å². The number of halogens is 3. The first-order chi connectivity index (χ1) is 13.8. The molecule has 1 heterocycles. The molecule has 1 N–H and O–H groups in total. The number of nitrogens with zero attached hydrogens (tertiary/aromatic N) is 3. The minimum absolute atomic E-state index is 0.266. The van der Waals surface area contributed by atoms with Gasteiger partial charge in [-0.3, -0.25) is 0 Å². The summed E-state index contributed by atoms with van der Waals surface area (Å²) in [6.07, 6.45) is -3.45. The molecule has 10 heteroatoms. The van der Waals surface area contributed by atoms with Gasteiger partial charge in [-0.05, 0) is 48.5 Å². The lowest BCUT2D eigenvalue weighted by Crippen LogP contribution is -2.12. The third-order valence-corrected chi connectivity index (χ3v) is 4.19. The lowest BCUT2D eigenvalue weighted by atomic mass is 10.1. The van der Waals surface area contributed by atoms with Gasteiger partial charge in [0.2, 0.25) is 4.77 Å². The highest BCUT2D eigenvalue weighted by Gasteiger charge is 2.37. The highest BCUT2D eigenvalue weighted by molar-refractivity contribution is 7.71. The van der Waals surface area contributed by atoms with Gasteiger partial charge < -0.3 is 9.47 Å². The molecule has 0 aliphatic heterocycles. The van der Waals surface area contributed by atoms with Gasteiger partial charge in [-0.2, -0.15) is 22.9 Å². The number of H-pyrrole nitrogens is 1. The highest BCUT2D eigenvalue weighted by Crippen LogP contribution is 2.29. The Morgan fingerprint density at radius 1 is 1.17 bits per heavy atom. The molecule has 6 nitrogen and oxygen atoms in total. The molecule has 0 fully saturated rings. The summed E-state index contributed by atoms with van der Waals surface area (Å²) in [5.41, 5.74) is 2.61. The molecule has 0 atom stereocenters. The van der Waals surface area contributed by atoms with Gasteiger partial charge in [-0.15, -0.1) is 5.10 Å². The van der Waals surface area contributed by atoms with Crippen molar-refractivity contribution in [2.24, 2.45) is 5.10 Å². The van der Waals surface area contributed by atoms with E-state index in [2.05, 4.69) is 15.3 Å². The van der Waals surface area contributed by atoms with Gasteiger partial charge >= 0.3 is 6.18 Å². The van der Waals surface area contributed by atoms with E-state index < -0.39 is 12.0 Å². The molecule has 2 aromatic carbocycles. The van der Waals surface area contributed by atoms with E-state index in [0.717, 1.165) is 11.1 Å². The number of benzene rings is 2. The molecule has 0 bridgehead atoms. The second-order valence-electron chi connectivity index (χ2n) is 6.09. The molecule has 0 aliphatic carbocycles. The number of alkyl halides is 3. The monoisotopic (exact) mass is 422 g/mol. The molecule has 0 unspecified atom stereocenters. The Kier molecular flexibility index (Phi) is 6.02. The summed E-state index contributed by atoms with van der Waals surface area (Å²) in [6, 6.07) is 12.8. The van der Waals surface area contributed by atoms with E-state index in [4.69, 9.17) is 21.7 Å². The lowest BCUT2D eigenvalue weighted by molar-refractivity contribution is -0.147. The number of methoxy groups -OCH3 is 1. The minimum Gasteiger partial charge on any atom is -0.493 e. The molecule has 0 saturated heterocycles. The maximum absolute atomic E-state index is 13.0. The van der Waals surface area contributed by atoms with Crippen molar-refractivity contribution in [1.29, 1.82) is 0 Å². The molecule has 3 rings (SSSR count). The quantitative estimate of drug-likeness (QED) is 0.461. The second-order valence-corrected chi connectivity index (χ2v) is 6.48. The molecular weight excluding hydrogens is 405 g/mol. The Balaban J connectivity index is 1.83. The molecule has 0 amide bonds. The van der Waals surface area contributed by atoms with Crippen molar-refractivity contribution in [2.45, 2.75) is 19.7 Å². The molecule has 0 radical (unpaired) electrons. The molecule has 0 saturated carbocycles. The fourth-order valence-electron chi connectivity index (χ4n) is 2.44. The molecule has 0 spiro atoms. The number of aryl methyl sites for hydroxylation is 1. The van der Waals surface area contributed by atoms with Gasteiger partial charge in [0.15, 0.2) is 11.5 Å². The van der Waals surface area contributed by atoms with Crippen LogP contribution < -0.4 is 9.47 Å². The van der Waals surface area contributed by atoms with Crippen molar-refractivity contribution >= 4 is 18.4 Å². The molecule has 3 aromatic rings. The normalized spacial score (nSPS) is 11.8. The van der Waals surface area contributed by atoms with Crippen LogP contribution in [0.1, 0.15) is 22.5 Å². The summed E-state index contributed by atoms with van der Waals surface area (Å²) in [7, 11) is 1.50. The average molecular weight is 422 g/mol. The van der Waals surface area contributed by atoms with E-state index in [-0.39, 0.29) is 4.77 Å². The van der Waals surface area contributed by atoms with Crippen molar-refractivity contribution in [1.82, 2.24) is 14.9 Å². The van der Waals surface area contributed by atoms with Crippen molar-refractivity contribution in [3.8, 4) is 11.5 Å². The van der Waals surface area contributed by atoms with E-state index in [1.807, 2.05) is 31.2 Å². The highest BCUT2D eigenvalue weighted by atomic mass is 32.1. The van der Waals surface area contributed by atoms with E-state index in [0.29, 0.717) is 28.3 Å². The first-order valence-corrected chi connectivity index (χ1v) is 8.84. The van der Waals surface area contributed by atoms with Crippen LogP contribution in [0.5, 0.6) is 11.5 Å². The number of rotatable bonds is 6. The van der Waals surface area contributed by atoms with Crippen LogP contribution in [0.15, 0.2) is 47.6 Å². The third-order valence-electron chi connectivity index (χ3n) is 3.93. The summed E-state index contributed by atoms with van der Waals surface area (Å²) in [5, 5.41) is 9.07. The predicted molar refractivity (Wildman–Crippen MR) is 104 cm³/mol. The van der Waals surface area contributed by atoms with Crippen LogP contribution in [0.3, 0.4) is 0 Å². The van der Waals surface area contributed by atoms with Gasteiger partial charge in [0, 0.05) is 0 Å². The summed E-state index contributed by atoms with van der Waals surface area (Å²) in [6.45, 7) is 2.30. The number of ether oxygens (including phenoxy) is 2. The zero-order valence-corrected chi connectivity index (χ0v) is 16.3. The Hall–Kier alpha value is -3.14. The second kappa shape index (κ2) is 8.48. The number of aromatic amines is 1. The van der Waals surface area contributed by atoms with Crippen LogP contribution in [0.4, 0.5) is 13.2 Å². The molecule has 29 heavy (non-hydrogen) atoms. The first kappa shape index (κ1) is 20.6. The van der Waals surface area contributed by atoms with Crippen LogP contribution >= 0.6 is 12.2 Å². The summed E-state index contributed by atoms with van der Waals surface area (Å²) in [5.74, 6) is -0.308. The van der Waals surface area contributed by atoms with Crippen LogP contribution in [0.25, 0.3) is 0 Å². The zero-order valence-electron chi connectivity index (χ0n) is 15.5. The minimum atomic E-state index is -4.69. The fraction of sp³-hybridized carbons (Fsp3) is 0.211. The Morgan fingerprint density at radius 2 is 1.90 bits per heavy atom. The first-order valence-electron chi connectivity index (χ1n) is 8.43. The summed E-state index contributed by atoms with van der Waals surface area (Å²) >= 11 is 4.81. The van der Waals surface area contributed by atoms with Crippen molar-refractivity contribution in [3.05, 3.63) is 69.8 Å². The van der Waals surface area contributed by atoms with Gasteiger partial charge in [0.05, 0.1) is 13.3 Å². The molecular formula is C19H17F3N4O2S. The number of hydrogen-bond acceptors (Lipinski definition) is 5.